The number of carbonyl (C=O) groups is 5. The summed E-state index contributed by atoms with van der Waals surface area (Å²) in [5.41, 5.74) is 0.874. The van der Waals surface area contributed by atoms with Gasteiger partial charge in [-0.3, -0.25) is 19.2 Å². The Balaban J connectivity index is 1.92. The van der Waals surface area contributed by atoms with Gasteiger partial charge < -0.3 is 25.8 Å². The fraction of sp³-hybridized carbons (Fsp3) is 0.476. The first-order valence-corrected chi connectivity index (χ1v) is 10.0. The molecule has 0 unspecified atom stereocenters. The summed E-state index contributed by atoms with van der Waals surface area (Å²) in [6.45, 7) is 3.30. The standard InChI is InChI=1S/C21H27N3O7/c1-3-31-17(26)9-12(2)18(21(29)30)24-16(25)11-15-20(28)22-14(19(27)23-15)10-13-7-5-4-6-8-13/h4-8,12,14-15,18H,3,9-11H2,1-2H3,(H,22,28)(H,23,27)(H,24,25)(H,29,30)/t12-,14-,15-,18-/m0/s1. The molecular formula is C21H27N3O7. The van der Waals surface area contributed by atoms with E-state index >= 15 is 0 Å². The fourth-order valence-electron chi connectivity index (χ4n) is 3.28. The maximum Gasteiger partial charge on any atom is 0.326 e. The highest BCUT2D eigenvalue weighted by atomic mass is 16.5. The average Bonchev–Trinajstić information content (AvgIpc) is 2.70. The van der Waals surface area contributed by atoms with E-state index < -0.39 is 60.1 Å². The van der Waals surface area contributed by atoms with Gasteiger partial charge in [0.15, 0.2) is 0 Å². The highest BCUT2D eigenvalue weighted by Crippen LogP contribution is 2.12. The number of esters is 1. The number of nitrogens with one attached hydrogen (secondary N) is 3. The van der Waals surface area contributed by atoms with Crippen molar-refractivity contribution < 1.29 is 33.8 Å². The highest BCUT2D eigenvalue weighted by molar-refractivity contribution is 5.99. The normalized spacial score (nSPS) is 20.1. The summed E-state index contributed by atoms with van der Waals surface area (Å²) in [6, 6.07) is 5.95. The highest BCUT2D eigenvalue weighted by Gasteiger charge is 2.36. The largest absolute Gasteiger partial charge is 0.480 e. The van der Waals surface area contributed by atoms with Crippen LogP contribution in [0.4, 0.5) is 0 Å². The molecule has 2 rings (SSSR count). The summed E-state index contributed by atoms with van der Waals surface area (Å²) in [7, 11) is 0. The molecule has 0 saturated carbocycles. The molecule has 4 atom stereocenters. The molecule has 0 bridgehead atoms. The second-order valence-corrected chi connectivity index (χ2v) is 7.39. The minimum absolute atomic E-state index is 0.164. The molecule has 10 heteroatoms. The van der Waals surface area contributed by atoms with Crippen molar-refractivity contribution in [3.05, 3.63) is 35.9 Å². The van der Waals surface area contributed by atoms with Crippen LogP contribution in [0.1, 0.15) is 32.3 Å². The number of aliphatic carboxylic acids is 1. The summed E-state index contributed by atoms with van der Waals surface area (Å²) in [4.78, 5) is 60.2. The van der Waals surface area contributed by atoms with Gasteiger partial charge in [-0.1, -0.05) is 37.3 Å². The van der Waals surface area contributed by atoms with E-state index in [9.17, 15) is 29.1 Å². The first-order chi connectivity index (χ1) is 14.7. The topological polar surface area (TPSA) is 151 Å². The number of amides is 3. The van der Waals surface area contributed by atoms with Crippen molar-refractivity contribution in [3.63, 3.8) is 0 Å². The number of benzene rings is 1. The molecule has 1 fully saturated rings. The smallest absolute Gasteiger partial charge is 0.326 e. The Morgan fingerprint density at radius 2 is 1.71 bits per heavy atom. The van der Waals surface area contributed by atoms with E-state index in [0.29, 0.717) is 6.42 Å². The Morgan fingerprint density at radius 1 is 1.10 bits per heavy atom. The van der Waals surface area contributed by atoms with Gasteiger partial charge >= 0.3 is 11.9 Å². The van der Waals surface area contributed by atoms with Crippen LogP contribution in [0, 0.1) is 5.92 Å². The number of hydrogen-bond acceptors (Lipinski definition) is 6. The maximum atomic E-state index is 12.4. The van der Waals surface area contributed by atoms with Crippen molar-refractivity contribution in [2.45, 2.75) is 51.2 Å². The second kappa shape index (κ2) is 11.1. The van der Waals surface area contributed by atoms with E-state index in [1.165, 1.54) is 6.92 Å². The lowest BCUT2D eigenvalue weighted by atomic mass is 9.97. The molecule has 168 valence electrons. The first kappa shape index (κ1) is 23.8. The molecule has 31 heavy (non-hydrogen) atoms. The van der Waals surface area contributed by atoms with Crippen LogP contribution in [0.3, 0.4) is 0 Å². The van der Waals surface area contributed by atoms with Gasteiger partial charge in [-0.05, 0) is 18.4 Å². The molecule has 1 saturated heterocycles. The minimum atomic E-state index is -1.34. The Hall–Kier alpha value is -3.43. The Morgan fingerprint density at radius 3 is 2.32 bits per heavy atom. The Kier molecular flexibility index (Phi) is 8.53. The van der Waals surface area contributed by atoms with E-state index in [-0.39, 0.29) is 13.0 Å². The molecule has 1 aliphatic heterocycles. The van der Waals surface area contributed by atoms with Gasteiger partial charge in [0.2, 0.25) is 17.7 Å². The van der Waals surface area contributed by atoms with Crippen LogP contribution in [0.5, 0.6) is 0 Å². The molecule has 3 amide bonds. The molecule has 4 N–H and O–H groups in total. The molecule has 0 spiro atoms. The SMILES string of the molecule is CCOC(=O)C[C@H](C)[C@H](NC(=O)C[C@@H]1NC(=O)[C@H](Cc2ccccc2)NC1=O)C(=O)O. The zero-order valence-electron chi connectivity index (χ0n) is 17.4. The lowest BCUT2D eigenvalue weighted by Gasteiger charge is -2.30. The third-order valence-electron chi connectivity index (χ3n) is 4.88. The summed E-state index contributed by atoms with van der Waals surface area (Å²) >= 11 is 0. The van der Waals surface area contributed by atoms with Crippen molar-refractivity contribution >= 4 is 29.7 Å². The van der Waals surface area contributed by atoms with Crippen molar-refractivity contribution in [2.24, 2.45) is 5.92 Å². The van der Waals surface area contributed by atoms with Crippen LogP contribution in [0.2, 0.25) is 0 Å². The van der Waals surface area contributed by atoms with Gasteiger partial charge in [-0.25, -0.2) is 4.79 Å². The Bertz CT molecular complexity index is 828. The van der Waals surface area contributed by atoms with Crippen molar-refractivity contribution in [1.82, 2.24) is 16.0 Å². The number of carboxylic acids is 1. The summed E-state index contributed by atoms with van der Waals surface area (Å²) < 4.78 is 4.80. The third kappa shape index (κ3) is 7.09. The second-order valence-electron chi connectivity index (χ2n) is 7.39. The van der Waals surface area contributed by atoms with Crippen LogP contribution >= 0.6 is 0 Å². The van der Waals surface area contributed by atoms with Gasteiger partial charge in [0.1, 0.15) is 18.1 Å². The van der Waals surface area contributed by atoms with E-state index in [2.05, 4.69) is 16.0 Å². The van der Waals surface area contributed by atoms with Gasteiger partial charge in [0, 0.05) is 6.42 Å². The van der Waals surface area contributed by atoms with E-state index in [1.807, 2.05) is 30.3 Å². The van der Waals surface area contributed by atoms with Crippen molar-refractivity contribution in [3.8, 4) is 0 Å². The van der Waals surface area contributed by atoms with Gasteiger partial charge in [-0.2, -0.15) is 0 Å². The lowest BCUT2D eigenvalue weighted by molar-refractivity contribution is -0.147. The van der Waals surface area contributed by atoms with Gasteiger partial charge in [0.05, 0.1) is 19.4 Å². The molecule has 0 radical (unpaired) electrons. The van der Waals surface area contributed by atoms with Crippen LogP contribution in [-0.4, -0.2) is 59.5 Å². The molecule has 0 aromatic heterocycles. The van der Waals surface area contributed by atoms with Crippen molar-refractivity contribution in [1.29, 1.82) is 0 Å². The average molecular weight is 433 g/mol. The monoisotopic (exact) mass is 433 g/mol. The molecule has 0 aliphatic carbocycles. The van der Waals surface area contributed by atoms with Crippen LogP contribution in [-0.2, 0) is 35.1 Å². The maximum absolute atomic E-state index is 12.4. The van der Waals surface area contributed by atoms with Crippen LogP contribution < -0.4 is 16.0 Å². The van der Waals surface area contributed by atoms with E-state index in [1.54, 1.807) is 6.92 Å². The van der Waals surface area contributed by atoms with Crippen molar-refractivity contribution in [2.75, 3.05) is 6.61 Å². The molecule has 1 aromatic rings. The van der Waals surface area contributed by atoms with Gasteiger partial charge in [0.25, 0.3) is 0 Å². The number of piperazine rings is 1. The molecular weight excluding hydrogens is 406 g/mol. The number of carboxylic acid groups (broad SMARTS) is 1. The molecule has 10 nitrogen and oxygen atoms in total. The van der Waals surface area contributed by atoms with Gasteiger partial charge in [-0.15, -0.1) is 0 Å². The predicted octanol–water partition coefficient (Wildman–Crippen LogP) is -0.239. The minimum Gasteiger partial charge on any atom is -0.480 e. The van der Waals surface area contributed by atoms with E-state index in [4.69, 9.17) is 4.74 Å². The number of rotatable bonds is 10. The summed E-state index contributed by atoms with van der Waals surface area (Å²) in [6.07, 6.45) is -0.303. The molecule has 1 aromatic carbocycles. The summed E-state index contributed by atoms with van der Waals surface area (Å²) in [5, 5.41) is 16.8. The lowest BCUT2D eigenvalue weighted by Crippen LogP contribution is -2.63. The number of ether oxygens (including phenoxy) is 1. The van der Waals surface area contributed by atoms with Crippen LogP contribution in [0.25, 0.3) is 0 Å². The van der Waals surface area contributed by atoms with E-state index in [0.717, 1.165) is 5.56 Å². The summed E-state index contributed by atoms with van der Waals surface area (Å²) in [5.74, 6) is -4.30. The third-order valence-corrected chi connectivity index (χ3v) is 4.88. The molecule has 1 aliphatic rings. The zero-order chi connectivity index (χ0) is 23.0. The molecule has 1 heterocycles. The quantitative estimate of drug-likeness (QED) is 0.372. The fourth-order valence-corrected chi connectivity index (χ4v) is 3.28. The number of carbonyl (C=O) groups excluding carboxylic acids is 4. The number of hydrogen-bond donors (Lipinski definition) is 4. The zero-order valence-corrected chi connectivity index (χ0v) is 17.4. The van der Waals surface area contributed by atoms with Crippen LogP contribution in [0.15, 0.2) is 30.3 Å². The first-order valence-electron chi connectivity index (χ1n) is 10.0. The predicted molar refractivity (Wildman–Crippen MR) is 109 cm³/mol. The Labute approximate surface area is 179 Å².